The number of primary sulfonamides is 1. The van der Waals surface area contributed by atoms with Crippen molar-refractivity contribution in [2.75, 3.05) is 11.4 Å². The molecule has 0 fully saturated rings. The molecule has 3 aromatic rings. The molecule has 2 aromatic carbocycles. The summed E-state index contributed by atoms with van der Waals surface area (Å²) in [7, 11) is -3.71. The second kappa shape index (κ2) is 6.51. The zero-order valence-corrected chi connectivity index (χ0v) is 15.8. The standard InChI is InChI=1S/C20H20N2O4S/c1-2-13-3-5-17-15(11-20(23)26-19(17)9-13)12-22-8-7-14-10-16(27(21,24)25)4-6-18(14)22/h3-6,9-11H,2,7-8,12H2,1H3,(H2,21,24,25). The predicted octanol–water partition coefficient (Wildman–Crippen LogP) is 2.57. The van der Waals surface area contributed by atoms with Crippen molar-refractivity contribution in [1.82, 2.24) is 0 Å². The molecule has 4 rings (SSSR count). The molecule has 1 aliphatic heterocycles. The van der Waals surface area contributed by atoms with Gasteiger partial charge < -0.3 is 9.32 Å². The number of aryl methyl sites for hydroxylation is 1. The molecule has 0 bridgehead atoms. The van der Waals surface area contributed by atoms with E-state index in [-0.39, 0.29) is 10.5 Å². The summed E-state index contributed by atoms with van der Waals surface area (Å²) in [5, 5.41) is 6.14. The maximum atomic E-state index is 12.0. The molecule has 2 heterocycles. The number of nitrogens with zero attached hydrogens (tertiary/aromatic N) is 1. The number of nitrogens with two attached hydrogens (primary N) is 1. The first-order valence-electron chi connectivity index (χ1n) is 8.81. The first-order chi connectivity index (χ1) is 12.8. The Hall–Kier alpha value is -2.64. The summed E-state index contributed by atoms with van der Waals surface area (Å²) in [6.45, 7) is 3.35. The number of rotatable bonds is 4. The van der Waals surface area contributed by atoms with Crippen LogP contribution >= 0.6 is 0 Å². The van der Waals surface area contributed by atoms with Crippen LogP contribution in [0.1, 0.15) is 23.6 Å². The fourth-order valence-electron chi connectivity index (χ4n) is 3.62. The van der Waals surface area contributed by atoms with Crippen LogP contribution in [0.3, 0.4) is 0 Å². The SMILES string of the molecule is CCc1ccc2c(CN3CCc4cc(S(N)(=O)=O)ccc43)cc(=O)oc2c1. The number of benzene rings is 2. The lowest BCUT2D eigenvalue weighted by atomic mass is 10.1. The van der Waals surface area contributed by atoms with Gasteiger partial charge in [-0.15, -0.1) is 0 Å². The summed E-state index contributed by atoms with van der Waals surface area (Å²) < 4.78 is 28.5. The summed E-state index contributed by atoms with van der Waals surface area (Å²) in [5.74, 6) is 0. The highest BCUT2D eigenvalue weighted by atomic mass is 32.2. The highest BCUT2D eigenvalue weighted by Gasteiger charge is 2.22. The molecule has 0 unspecified atom stereocenters. The minimum Gasteiger partial charge on any atom is -0.423 e. The van der Waals surface area contributed by atoms with E-state index in [1.165, 1.54) is 12.1 Å². The van der Waals surface area contributed by atoms with Gasteiger partial charge in [0.2, 0.25) is 10.0 Å². The summed E-state index contributed by atoms with van der Waals surface area (Å²) in [4.78, 5) is 14.3. The third-order valence-electron chi connectivity index (χ3n) is 5.04. The van der Waals surface area contributed by atoms with E-state index in [0.29, 0.717) is 12.1 Å². The zero-order chi connectivity index (χ0) is 19.2. The van der Waals surface area contributed by atoms with E-state index in [0.717, 1.165) is 47.2 Å². The first-order valence-corrected chi connectivity index (χ1v) is 10.4. The van der Waals surface area contributed by atoms with Crippen LogP contribution in [-0.4, -0.2) is 15.0 Å². The molecule has 0 atom stereocenters. The molecule has 1 aliphatic rings. The summed E-state index contributed by atoms with van der Waals surface area (Å²) in [6, 6.07) is 12.4. The normalized spacial score (nSPS) is 13.9. The van der Waals surface area contributed by atoms with Crippen molar-refractivity contribution < 1.29 is 12.8 Å². The van der Waals surface area contributed by atoms with E-state index in [4.69, 9.17) is 9.56 Å². The smallest absolute Gasteiger partial charge is 0.336 e. The van der Waals surface area contributed by atoms with Gasteiger partial charge in [-0.1, -0.05) is 19.1 Å². The fraction of sp³-hybridized carbons (Fsp3) is 0.250. The molecule has 0 amide bonds. The van der Waals surface area contributed by atoms with E-state index in [9.17, 15) is 13.2 Å². The van der Waals surface area contributed by atoms with Gasteiger partial charge in [0.15, 0.2) is 0 Å². The molecule has 2 N–H and O–H groups in total. The van der Waals surface area contributed by atoms with Crippen LogP contribution in [-0.2, 0) is 29.4 Å². The van der Waals surface area contributed by atoms with Crippen LogP contribution < -0.4 is 15.7 Å². The molecule has 0 saturated carbocycles. The minimum atomic E-state index is -3.71. The second-order valence-electron chi connectivity index (χ2n) is 6.78. The summed E-state index contributed by atoms with van der Waals surface area (Å²) >= 11 is 0. The lowest BCUT2D eigenvalue weighted by Crippen LogP contribution is -2.21. The largest absolute Gasteiger partial charge is 0.423 e. The summed E-state index contributed by atoms with van der Waals surface area (Å²) in [6.07, 6.45) is 1.60. The first kappa shape index (κ1) is 17.8. The van der Waals surface area contributed by atoms with Crippen LogP contribution in [0, 0.1) is 0 Å². The number of anilines is 1. The lowest BCUT2D eigenvalue weighted by molar-refractivity contribution is 0.558. The number of sulfonamides is 1. The maximum absolute atomic E-state index is 12.0. The van der Waals surface area contributed by atoms with Gasteiger partial charge in [0.1, 0.15) is 5.58 Å². The fourth-order valence-corrected chi connectivity index (χ4v) is 4.18. The third kappa shape index (κ3) is 3.36. The van der Waals surface area contributed by atoms with Crippen LogP contribution in [0.25, 0.3) is 11.0 Å². The van der Waals surface area contributed by atoms with Crippen molar-refractivity contribution in [3.05, 3.63) is 69.6 Å². The van der Waals surface area contributed by atoms with Gasteiger partial charge in [0, 0.05) is 30.2 Å². The lowest BCUT2D eigenvalue weighted by Gasteiger charge is -2.20. The Morgan fingerprint density at radius 3 is 2.70 bits per heavy atom. The molecule has 140 valence electrons. The molecule has 0 aliphatic carbocycles. The molecule has 1 aromatic heterocycles. The van der Waals surface area contributed by atoms with Crippen LogP contribution in [0.2, 0.25) is 0 Å². The molecule has 0 spiro atoms. The van der Waals surface area contributed by atoms with Gasteiger partial charge in [0.25, 0.3) is 0 Å². The molecule has 6 nitrogen and oxygen atoms in total. The minimum absolute atomic E-state index is 0.126. The number of hydrogen-bond donors (Lipinski definition) is 1. The van der Waals surface area contributed by atoms with Crippen molar-refractivity contribution >= 4 is 26.7 Å². The van der Waals surface area contributed by atoms with Gasteiger partial charge in [-0.3, -0.25) is 0 Å². The quantitative estimate of drug-likeness (QED) is 0.698. The van der Waals surface area contributed by atoms with Crippen molar-refractivity contribution in [1.29, 1.82) is 0 Å². The summed E-state index contributed by atoms with van der Waals surface area (Å²) in [5.41, 5.74) is 4.16. The van der Waals surface area contributed by atoms with Crippen molar-refractivity contribution in [3.8, 4) is 0 Å². The molecular formula is C20H20N2O4S. The molecule has 0 radical (unpaired) electrons. The van der Waals surface area contributed by atoms with Crippen LogP contribution in [0.15, 0.2) is 56.6 Å². The van der Waals surface area contributed by atoms with Gasteiger partial charge >= 0.3 is 5.63 Å². The van der Waals surface area contributed by atoms with E-state index in [1.54, 1.807) is 12.1 Å². The Kier molecular flexibility index (Phi) is 4.28. The molecular weight excluding hydrogens is 364 g/mol. The Morgan fingerprint density at radius 2 is 1.96 bits per heavy atom. The Morgan fingerprint density at radius 1 is 1.15 bits per heavy atom. The average molecular weight is 384 g/mol. The van der Waals surface area contributed by atoms with Gasteiger partial charge in [-0.05, 0) is 53.8 Å². The van der Waals surface area contributed by atoms with Crippen LogP contribution in [0.4, 0.5) is 5.69 Å². The monoisotopic (exact) mass is 384 g/mol. The number of hydrogen-bond acceptors (Lipinski definition) is 5. The Labute approximate surface area is 157 Å². The topological polar surface area (TPSA) is 93.6 Å². The maximum Gasteiger partial charge on any atom is 0.336 e. The van der Waals surface area contributed by atoms with E-state index in [1.807, 2.05) is 18.2 Å². The highest BCUT2D eigenvalue weighted by molar-refractivity contribution is 7.89. The molecule has 0 saturated heterocycles. The van der Waals surface area contributed by atoms with E-state index in [2.05, 4.69) is 11.8 Å². The van der Waals surface area contributed by atoms with E-state index >= 15 is 0 Å². The third-order valence-corrected chi connectivity index (χ3v) is 5.95. The average Bonchev–Trinajstić information content (AvgIpc) is 3.02. The van der Waals surface area contributed by atoms with Gasteiger partial charge in [0.05, 0.1) is 4.90 Å². The van der Waals surface area contributed by atoms with Crippen molar-refractivity contribution in [2.45, 2.75) is 31.2 Å². The second-order valence-corrected chi connectivity index (χ2v) is 8.34. The Bertz CT molecular complexity index is 1200. The Balaban J connectivity index is 1.72. The number of fused-ring (bicyclic) bond motifs is 2. The van der Waals surface area contributed by atoms with Crippen molar-refractivity contribution in [2.24, 2.45) is 5.14 Å². The highest BCUT2D eigenvalue weighted by Crippen LogP contribution is 2.32. The van der Waals surface area contributed by atoms with Crippen LogP contribution in [0.5, 0.6) is 0 Å². The van der Waals surface area contributed by atoms with Gasteiger partial charge in [-0.2, -0.15) is 0 Å². The predicted molar refractivity (Wildman–Crippen MR) is 104 cm³/mol. The zero-order valence-electron chi connectivity index (χ0n) is 14.9. The van der Waals surface area contributed by atoms with E-state index < -0.39 is 10.0 Å². The van der Waals surface area contributed by atoms with Crippen molar-refractivity contribution in [3.63, 3.8) is 0 Å². The molecule has 7 heteroatoms. The van der Waals surface area contributed by atoms with Gasteiger partial charge in [-0.25, -0.2) is 18.4 Å². The molecule has 27 heavy (non-hydrogen) atoms.